The maximum absolute atomic E-state index is 13.1. The number of furan rings is 1. The summed E-state index contributed by atoms with van der Waals surface area (Å²) in [7, 11) is 0. The molecule has 0 atom stereocenters. The van der Waals surface area contributed by atoms with Gasteiger partial charge in [0.1, 0.15) is 17.2 Å². The third-order valence-corrected chi connectivity index (χ3v) is 2.40. The summed E-state index contributed by atoms with van der Waals surface area (Å²) in [5.74, 6) is 0.303. The molecular formula is C11H9FO2. The molecular weight excluding hydrogens is 183 g/mol. The van der Waals surface area contributed by atoms with Gasteiger partial charge >= 0.3 is 0 Å². The molecule has 0 bridgehead atoms. The summed E-state index contributed by atoms with van der Waals surface area (Å²) in [6.07, 6.45) is 0.605. The molecule has 1 aromatic carbocycles. The van der Waals surface area contributed by atoms with Crippen LogP contribution in [0.4, 0.5) is 4.39 Å². The average molecular weight is 192 g/mol. The zero-order valence-corrected chi connectivity index (χ0v) is 7.93. The van der Waals surface area contributed by atoms with Crippen molar-refractivity contribution < 1.29 is 13.6 Å². The van der Waals surface area contributed by atoms with E-state index in [9.17, 15) is 9.18 Å². The molecule has 2 nitrogen and oxygen atoms in total. The van der Waals surface area contributed by atoms with Crippen molar-refractivity contribution in [1.82, 2.24) is 0 Å². The predicted molar refractivity (Wildman–Crippen MR) is 51.0 cm³/mol. The minimum Gasteiger partial charge on any atom is -0.460 e. The number of rotatable bonds is 1. The summed E-state index contributed by atoms with van der Waals surface area (Å²) in [6.45, 7) is 3.64. The van der Waals surface area contributed by atoms with Crippen molar-refractivity contribution in [1.29, 1.82) is 0 Å². The first kappa shape index (κ1) is 8.94. The maximum Gasteiger partial charge on any atom is 0.153 e. The molecule has 0 saturated carbocycles. The number of aryl methyl sites for hydroxylation is 2. The molecule has 0 fully saturated rings. The largest absolute Gasteiger partial charge is 0.460 e. The highest BCUT2D eigenvalue weighted by Crippen LogP contribution is 2.27. The SMILES string of the molecule is Cc1oc2c(C=O)cc(F)cc2c1C. The minimum atomic E-state index is -0.413. The zero-order chi connectivity index (χ0) is 10.3. The van der Waals surface area contributed by atoms with Crippen LogP contribution in [-0.4, -0.2) is 6.29 Å². The van der Waals surface area contributed by atoms with Gasteiger partial charge in [0.05, 0.1) is 5.56 Å². The molecule has 0 saturated heterocycles. The summed E-state index contributed by atoms with van der Waals surface area (Å²) in [6, 6.07) is 2.56. The molecule has 0 N–H and O–H groups in total. The summed E-state index contributed by atoms with van der Waals surface area (Å²) in [5.41, 5.74) is 1.61. The van der Waals surface area contributed by atoms with E-state index in [4.69, 9.17) is 4.42 Å². The van der Waals surface area contributed by atoms with Gasteiger partial charge in [-0.25, -0.2) is 4.39 Å². The first-order valence-corrected chi connectivity index (χ1v) is 4.28. The average Bonchev–Trinajstić information content (AvgIpc) is 2.43. The monoisotopic (exact) mass is 192 g/mol. The third-order valence-electron chi connectivity index (χ3n) is 2.40. The second-order valence-corrected chi connectivity index (χ2v) is 3.27. The molecule has 0 aliphatic rings. The van der Waals surface area contributed by atoms with Crippen LogP contribution in [0, 0.1) is 19.7 Å². The van der Waals surface area contributed by atoms with E-state index in [1.54, 1.807) is 6.92 Å². The van der Waals surface area contributed by atoms with E-state index in [1.807, 2.05) is 6.92 Å². The fraction of sp³-hybridized carbons (Fsp3) is 0.182. The van der Waals surface area contributed by atoms with Crippen molar-refractivity contribution in [2.75, 3.05) is 0 Å². The van der Waals surface area contributed by atoms with Gasteiger partial charge in [0, 0.05) is 5.39 Å². The van der Waals surface area contributed by atoms with Crippen LogP contribution in [-0.2, 0) is 0 Å². The fourth-order valence-electron chi connectivity index (χ4n) is 1.51. The molecule has 1 aromatic heterocycles. The molecule has 0 aliphatic heterocycles. The molecule has 0 amide bonds. The van der Waals surface area contributed by atoms with Gasteiger partial charge in [-0.3, -0.25) is 4.79 Å². The Hall–Kier alpha value is -1.64. The molecule has 3 heteroatoms. The highest BCUT2D eigenvalue weighted by Gasteiger charge is 2.12. The van der Waals surface area contributed by atoms with E-state index in [-0.39, 0.29) is 5.56 Å². The summed E-state index contributed by atoms with van der Waals surface area (Å²) < 4.78 is 18.5. The first-order valence-electron chi connectivity index (χ1n) is 4.28. The zero-order valence-electron chi connectivity index (χ0n) is 7.93. The lowest BCUT2D eigenvalue weighted by molar-refractivity contribution is 0.112. The van der Waals surface area contributed by atoms with Crippen LogP contribution in [0.25, 0.3) is 11.0 Å². The van der Waals surface area contributed by atoms with Crippen LogP contribution in [0.2, 0.25) is 0 Å². The highest BCUT2D eigenvalue weighted by molar-refractivity contribution is 5.96. The number of carbonyl (C=O) groups is 1. The standard InChI is InChI=1S/C11H9FO2/c1-6-7(2)14-11-8(5-13)3-9(12)4-10(6)11/h3-5H,1-2H3. The van der Waals surface area contributed by atoms with Crippen molar-refractivity contribution in [3.8, 4) is 0 Å². The number of hydrogen-bond acceptors (Lipinski definition) is 2. The van der Waals surface area contributed by atoms with Gasteiger partial charge in [-0.15, -0.1) is 0 Å². The molecule has 0 spiro atoms. The van der Waals surface area contributed by atoms with Crippen molar-refractivity contribution in [3.05, 3.63) is 34.8 Å². The molecule has 0 aliphatic carbocycles. The van der Waals surface area contributed by atoms with Crippen LogP contribution < -0.4 is 0 Å². The normalized spacial score (nSPS) is 10.8. The Bertz CT molecular complexity index is 511. The molecule has 2 aromatic rings. The molecule has 2 rings (SSSR count). The van der Waals surface area contributed by atoms with Gasteiger partial charge in [0.25, 0.3) is 0 Å². The summed E-state index contributed by atoms with van der Waals surface area (Å²) >= 11 is 0. The third kappa shape index (κ3) is 1.13. The molecule has 14 heavy (non-hydrogen) atoms. The van der Waals surface area contributed by atoms with Crippen LogP contribution >= 0.6 is 0 Å². The van der Waals surface area contributed by atoms with E-state index in [0.717, 1.165) is 5.56 Å². The van der Waals surface area contributed by atoms with E-state index < -0.39 is 5.82 Å². The Morgan fingerprint density at radius 2 is 2.07 bits per heavy atom. The first-order chi connectivity index (χ1) is 6.63. The Balaban J connectivity index is 2.94. The van der Waals surface area contributed by atoms with Crippen LogP contribution in [0.3, 0.4) is 0 Å². The van der Waals surface area contributed by atoms with Crippen LogP contribution in [0.15, 0.2) is 16.5 Å². The minimum absolute atomic E-state index is 0.260. The van der Waals surface area contributed by atoms with Crippen molar-refractivity contribution in [2.45, 2.75) is 13.8 Å². The Labute approximate surface area is 80.3 Å². The van der Waals surface area contributed by atoms with E-state index >= 15 is 0 Å². The van der Waals surface area contributed by atoms with Crippen LogP contribution in [0.1, 0.15) is 21.7 Å². The summed E-state index contributed by atoms with van der Waals surface area (Å²) in [5, 5.41) is 0.671. The smallest absolute Gasteiger partial charge is 0.153 e. The van der Waals surface area contributed by atoms with Gasteiger partial charge < -0.3 is 4.42 Å². The molecule has 0 radical (unpaired) electrons. The lowest BCUT2D eigenvalue weighted by Gasteiger charge is -1.94. The van der Waals surface area contributed by atoms with Gasteiger partial charge in [0.15, 0.2) is 6.29 Å². The van der Waals surface area contributed by atoms with Crippen LogP contribution in [0.5, 0.6) is 0 Å². The van der Waals surface area contributed by atoms with E-state index in [1.165, 1.54) is 12.1 Å². The highest BCUT2D eigenvalue weighted by atomic mass is 19.1. The predicted octanol–water partition coefficient (Wildman–Crippen LogP) is 3.00. The number of benzene rings is 1. The van der Waals surface area contributed by atoms with Gasteiger partial charge in [-0.1, -0.05) is 0 Å². The summed E-state index contributed by atoms with van der Waals surface area (Å²) in [4.78, 5) is 10.7. The second-order valence-electron chi connectivity index (χ2n) is 3.27. The fourth-order valence-corrected chi connectivity index (χ4v) is 1.51. The Kier molecular flexibility index (Phi) is 1.88. The number of fused-ring (bicyclic) bond motifs is 1. The maximum atomic E-state index is 13.1. The van der Waals surface area contributed by atoms with Gasteiger partial charge in [-0.2, -0.15) is 0 Å². The lowest BCUT2D eigenvalue weighted by atomic mass is 10.1. The van der Waals surface area contributed by atoms with E-state index in [0.29, 0.717) is 23.0 Å². The van der Waals surface area contributed by atoms with Crippen molar-refractivity contribution >= 4 is 17.3 Å². The molecule has 1 heterocycles. The number of aldehydes is 1. The Morgan fingerprint density at radius 1 is 1.36 bits per heavy atom. The van der Waals surface area contributed by atoms with Gasteiger partial charge in [-0.05, 0) is 31.5 Å². The molecule has 72 valence electrons. The Morgan fingerprint density at radius 3 is 2.71 bits per heavy atom. The quantitative estimate of drug-likeness (QED) is 0.650. The van der Waals surface area contributed by atoms with Crippen molar-refractivity contribution in [3.63, 3.8) is 0 Å². The number of carbonyl (C=O) groups excluding carboxylic acids is 1. The van der Waals surface area contributed by atoms with E-state index in [2.05, 4.69) is 0 Å². The second kappa shape index (κ2) is 2.94. The number of hydrogen-bond donors (Lipinski definition) is 0. The van der Waals surface area contributed by atoms with Gasteiger partial charge in [0.2, 0.25) is 0 Å². The lowest BCUT2D eigenvalue weighted by Crippen LogP contribution is -1.83. The topological polar surface area (TPSA) is 30.2 Å². The number of halogens is 1. The van der Waals surface area contributed by atoms with Crippen molar-refractivity contribution in [2.24, 2.45) is 0 Å². The molecule has 0 unspecified atom stereocenters.